The molecule has 4 nitrogen and oxygen atoms in total. The van der Waals surface area contributed by atoms with Crippen LogP contribution in [-0.2, 0) is 10.2 Å². The molecular formula is C13H25BrN2O2S. The zero-order valence-electron chi connectivity index (χ0n) is 11.5. The monoisotopic (exact) mass is 352 g/mol. The summed E-state index contributed by atoms with van der Waals surface area (Å²) in [5, 5.41) is 0.989. The molecule has 0 bridgehead atoms. The van der Waals surface area contributed by atoms with Crippen molar-refractivity contribution in [1.29, 1.82) is 0 Å². The zero-order valence-corrected chi connectivity index (χ0v) is 13.9. The SMILES string of the molecule is O=S(=O)(NCC1CCCC1CBr)N1CCCCCC1. The molecule has 2 aliphatic rings. The van der Waals surface area contributed by atoms with Gasteiger partial charge >= 0.3 is 0 Å². The van der Waals surface area contributed by atoms with Gasteiger partial charge < -0.3 is 0 Å². The maximum absolute atomic E-state index is 12.3. The van der Waals surface area contributed by atoms with E-state index >= 15 is 0 Å². The standard InChI is InChI=1S/C13H25BrN2O2S/c14-10-12-6-5-7-13(12)11-15-19(17,18)16-8-3-1-2-4-9-16/h12-13,15H,1-11H2. The predicted octanol–water partition coefficient (Wildman–Crippen LogP) is 2.51. The fraction of sp³-hybridized carbons (Fsp3) is 1.00. The predicted molar refractivity (Wildman–Crippen MR) is 81.6 cm³/mol. The second-order valence-electron chi connectivity index (χ2n) is 5.77. The van der Waals surface area contributed by atoms with Crippen molar-refractivity contribution in [1.82, 2.24) is 9.03 Å². The molecule has 0 amide bonds. The van der Waals surface area contributed by atoms with Crippen LogP contribution >= 0.6 is 15.9 Å². The van der Waals surface area contributed by atoms with Crippen molar-refractivity contribution in [2.45, 2.75) is 44.9 Å². The highest BCUT2D eigenvalue weighted by Crippen LogP contribution is 2.32. The van der Waals surface area contributed by atoms with Crippen LogP contribution in [0, 0.1) is 11.8 Å². The molecule has 2 rings (SSSR count). The van der Waals surface area contributed by atoms with Gasteiger partial charge in [-0.15, -0.1) is 0 Å². The number of rotatable bonds is 5. The Bertz CT molecular complexity index is 367. The quantitative estimate of drug-likeness (QED) is 0.772. The van der Waals surface area contributed by atoms with Crippen LogP contribution < -0.4 is 4.72 Å². The van der Waals surface area contributed by atoms with Crippen molar-refractivity contribution < 1.29 is 8.42 Å². The Morgan fingerprint density at radius 2 is 1.63 bits per heavy atom. The van der Waals surface area contributed by atoms with Crippen LogP contribution in [0.15, 0.2) is 0 Å². The zero-order chi connectivity index (χ0) is 13.7. The smallest absolute Gasteiger partial charge is 0.202 e. The maximum atomic E-state index is 12.3. The molecule has 0 aromatic rings. The Morgan fingerprint density at radius 3 is 2.26 bits per heavy atom. The molecule has 1 saturated heterocycles. The summed E-state index contributed by atoms with van der Waals surface area (Å²) in [6, 6.07) is 0. The van der Waals surface area contributed by atoms with E-state index in [1.807, 2.05) is 0 Å². The minimum Gasteiger partial charge on any atom is -0.202 e. The van der Waals surface area contributed by atoms with Crippen LogP contribution in [0.4, 0.5) is 0 Å². The number of halogens is 1. The fourth-order valence-electron chi connectivity index (χ4n) is 3.17. The summed E-state index contributed by atoms with van der Waals surface area (Å²) >= 11 is 3.54. The molecule has 19 heavy (non-hydrogen) atoms. The average Bonchev–Trinajstić information content (AvgIpc) is 2.66. The van der Waals surface area contributed by atoms with E-state index in [1.54, 1.807) is 4.31 Å². The van der Waals surface area contributed by atoms with Gasteiger partial charge in [0.1, 0.15) is 0 Å². The van der Waals surface area contributed by atoms with Gasteiger partial charge in [0, 0.05) is 25.0 Å². The molecule has 112 valence electrons. The molecule has 6 heteroatoms. The molecule has 0 aromatic heterocycles. The normalized spacial score (nSPS) is 30.4. The van der Waals surface area contributed by atoms with E-state index in [9.17, 15) is 8.42 Å². The number of nitrogens with one attached hydrogen (secondary N) is 1. The molecule has 0 radical (unpaired) electrons. The van der Waals surface area contributed by atoms with Crippen LogP contribution in [0.5, 0.6) is 0 Å². The summed E-state index contributed by atoms with van der Waals surface area (Å²) in [6.45, 7) is 1.97. The summed E-state index contributed by atoms with van der Waals surface area (Å²) < 4.78 is 29.1. The highest BCUT2D eigenvalue weighted by atomic mass is 79.9. The highest BCUT2D eigenvalue weighted by molar-refractivity contribution is 9.09. The van der Waals surface area contributed by atoms with E-state index in [1.165, 1.54) is 12.8 Å². The van der Waals surface area contributed by atoms with Crippen LogP contribution in [-0.4, -0.2) is 37.7 Å². The summed E-state index contributed by atoms with van der Waals surface area (Å²) in [5.41, 5.74) is 0. The van der Waals surface area contributed by atoms with Crippen molar-refractivity contribution >= 4 is 26.1 Å². The van der Waals surface area contributed by atoms with Gasteiger partial charge in [0.05, 0.1) is 0 Å². The van der Waals surface area contributed by atoms with Crippen LogP contribution in [0.2, 0.25) is 0 Å². The summed E-state index contributed by atoms with van der Waals surface area (Å²) in [5.74, 6) is 1.13. The third-order valence-corrected chi connectivity index (χ3v) is 6.86. The molecule has 1 heterocycles. The second-order valence-corrected chi connectivity index (χ2v) is 8.17. The van der Waals surface area contributed by atoms with E-state index in [2.05, 4.69) is 20.7 Å². The molecule has 2 unspecified atom stereocenters. The van der Waals surface area contributed by atoms with Crippen LogP contribution in [0.1, 0.15) is 44.9 Å². The summed E-state index contributed by atoms with van der Waals surface area (Å²) in [7, 11) is -3.26. The first-order valence-corrected chi connectivity index (χ1v) is 10.0. The van der Waals surface area contributed by atoms with Gasteiger partial charge in [0.15, 0.2) is 0 Å². The van der Waals surface area contributed by atoms with Crippen LogP contribution in [0.25, 0.3) is 0 Å². The topological polar surface area (TPSA) is 49.4 Å². The third-order valence-electron chi connectivity index (χ3n) is 4.45. The first kappa shape index (κ1) is 15.7. The average molecular weight is 353 g/mol. The lowest BCUT2D eigenvalue weighted by Gasteiger charge is -2.23. The second kappa shape index (κ2) is 7.38. The van der Waals surface area contributed by atoms with E-state index in [0.29, 0.717) is 31.5 Å². The molecule has 2 atom stereocenters. The Hall–Kier alpha value is 0.350. The summed E-state index contributed by atoms with van der Waals surface area (Å²) in [6.07, 6.45) is 7.90. The van der Waals surface area contributed by atoms with Gasteiger partial charge in [0.2, 0.25) is 0 Å². The minimum atomic E-state index is -3.26. The fourth-order valence-corrected chi connectivity index (χ4v) is 5.37. The molecule has 0 spiro atoms. The number of nitrogens with zero attached hydrogens (tertiary/aromatic N) is 1. The number of hydrogen-bond donors (Lipinski definition) is 1. The van der Waals surface area contributed by atoms with Gasteiger partial charge in [-0.2, -0.15) is 12.7 Å². The summed E-state index contributed by atoms with van der Waals surface area (Å²) in [4.78, 5) is 0. The lowest BCUT2D eigenvalue weighted by Crippen LogP contribution is -2.43. The first-order chi connectivity index (χ1) is 9.13. The van der Waals surface area contributed by atoms with E-state index in [0.717, 1.165) is 37.4 Å². The molecular weight excluding hydrogens is 328 g/mol. The Morgan fingerprint density at radius 1 is 1.00 bits per heavy atom. The molecule has 1 aliphatic carbocycles. The third kappa shape index (κ3) is 4.41. The van der Waals surface area contributed by atoms with Crippen molar-refractivity contribution in [3.63, 3.8) is 0 Å². The number of alkyl halides is 1. The number of hydrogen-bond acceptors (Lipinski definition) is 2. The van der Waals surface area contributed by atoms with Gasteiger partial charge in [-0.3, -0.25) is 0 Å². The van der Waals surface area contributed by atoms with E-state index < -0.39 is 10.2 Å². The largest absolute Gasteiger partial charge is 0.279 e. The molecule has 1 aliphatic heterocycles. The highest BCUT2D eigenvalue weighted by Gasteiger charge is 2.29. The first-order valence-electron chi connectivity index (χ1n) is 7.44. The Kier molecular flexibility index (Phi) is 6.11. The van der Waals surface area contributed by atoms with Gasteiger partial charge in [-0.1, -0.05) is 35.2 Å². The lowest BCUT2D eigenvalue weighted by molar-refractivity contribution is 0.390. The van der Waals surface area contributed by atoms with Crippen molar-refractivity contribution in [3.05, 3.63) is 0 Å². The van der Waals surface area contributed by atoms with Crippen LogP contribution in [0.3, 0.4) is 0 Å². The lowest BCUT2D eigenvalue weighted by atomic mass is 9.99. The minimum absolute atomic E-state index is 0.501. The molecule has 2 fully saturated rings. The van der Waals surface area contributed by atoms with Gasteiger partial charge in [0.25, 0.3) is 10.2 Å². The van der Waals surface area contributed by atoms with Crippen molar-refractivity contribution in [2.24, 2.45) is 11.8 Å². The molecule has 0 aromatic carbocycles. The molecule has 1 saturated carbocycles. The molecule has 1 N–H and O–H groups in total. The van der Waals surface area contributed by atoms with Gasteiger partial charge in [-0.05, 0) is 37.5 Å². The van der Waals surface area contributed by atoms with Gasteiger partial charge in [-0.25, -0.2) is 4.72 Å². The van der Waals surface area contributed by atoms with Crippen molar-refractivity contribution in [2.75, 3.05) is 25.0 Å². The van der Waals surface area contributed by atoms with Crippen molar-refractivity contribution in [3.8, 4) is 0 Å². The van der Waals surface area contributed by atoms with E-state index in [4.69, 9.17) is 0 Å². The Labute approximate surface area is 125 Å². The van der Waals surface area contributed by atoms with E-state index in [-0.39, 0.29) is 0 Å². The maximum Gasteiger partial charge on any atom is 0.279 e. The Balaban J connectivity index is 1.86.